The fourth-order valence-corrected chi connectivity index (χ4v) is 1.59. The van der Waals surface area contributed by atoms with Crippen molar-refractivity contribution in [2.75, 3.05) is 6.66 Å². The molecule has 0 heterocycles. The molecule has 34 valence electrons. The smallest absolute Gasteiger partial charge is 0.0000978 e. The summed E-state index contributed by atoms with van der Waals surface area (Å²) in [6.45, 7) is 2.12. The lowest BCUT2D eigenvalue weighted by Crippen LogP contribution is -1.60. The molecule has 0 aromatic rings. The minimum Gasteiger partial charge on any atom is 0.0000978 e. The third-order valence-corrected chi connectivity index (χ3v) is 8.69. The summed E-state index contributed by atoms with van der Waals surface area (Å²) in [7, 11) is 7.34. The van der Waals surface area contributed by atoms with Gasteiger partial charge < -0.3 is 0 Å². The number of rotatable bonds is 3. The Hall–Kier alpha value is 1.70. The van der Waals surface area contributed by atoms with Crippen molar-refractivity contribution in [1.29, 1.82) is 1.28 Å². The van der Waals surface area contributed by atoms with Crippen molar-refractivity contribution in [3.8, 4) is 0 Å². The topological polar surface area (TPSA) is 0 Å². The summed E-state index contributed by atoms with van der Waals surface area (Å²) in [5.74, 6) is 0. The lowest BCUT2D eigenvalue weighted by molar-refractivity contribution is 2.51. The lowest BCUT2D eigenvalue weighted by atomic mass is 10.8. The van der Waals surface area contributed by atoms with Crippen LogP contribution in [0.3, 0.4) is 0 Å². The Morgan fingerprint density at radius 3 is 2.83 bits per heavy atom. The maximum Gasteiger partial charge on any atom is 0.181 e. The largest absolute Gasteiger partial charge is 0.181 e. The summed E-state index contributed by atoms with van der Waals surface area (Å²) in [4.78, 5) is 0. The summed E-state index contributed by atoms with van der Waals surface area (Å²) in [6, 6.07) is 0. The average molecular weight is 156 g/mol. The van der Waals surface area contributed by atoms with E-state index >= 15 is 0 Å². The molecule has 0 fully saturated rings. The second kappa shape index (κ2) is 4.85. The first kappa shape index (κ1) is 5.83. The van der Waals surface area contributed by atoms with Crippen molar-refractivity contribution in [1.82, 2.24) is 0 Å². The van der Waals surface area contributed by atoms with Crippen molar-refractivity contribution in [3.05, 3.63) is 0 Å². The molecule has 0 aromatic carbocycles. The Bertz CT molecular complexity index is 36.4. The predicted molar refractivity (Wildman–Crippen MR) is 45.4 cm³/mol. The molecule has 0 aromatic heterocycles. The first-order valence-electron chi connectivity index (χ1n) is 1.90. The summed E-state index contributed by atoms with van der Waals surface area (Å²) in [5, 5.41) is 0. The first-order valence-corrected chi connectivity index (χ1v) is 7.88. The maximum absolute atomic E-state index is 6.93. The van der Waals surface area contributed by atoms with Gasteiger partial charge in [-0.2, -0.15) is 0 Å². The summed E-state index contributed by atoms with van der Waals surface area (Å²) in [5.41, 5.74) is 0. The molecular formula is CH7BP3S+. The minimum absolute atomic E-state index is 0.282. The Labute approximate surface area is 49.6 Å². The molecule has 4 unspecified atom stereocenters. The molecule has 6 heavy (non-hydrogen) atoms. The highest BCUT2D eigenvalue weighted by Crippen LogP contribution is 2.39. The third-order valence-electron chi connectivity index (χ3n) is 0.322. The van der Waals surface area contributed by atoms with Crippen LogP contribution in [0.15, 0.2) is 0 Å². The Balaban J connectivity index is 2.99. The molecular weight excluding hydrogens is 148 g/mol. The van der Waals surface area contributed by atoms with Gasteiger partial charge in [-0.15, -0.1) is 0 Å². The van der Waals surface area contributed by atoms with Crippen LogP contribution < -0.4 is 0 Å². The highest BCUT2D eigenvalue weighted by Gasteiger charge is 1.99. The fraction of sp³-hybridized carbons (Fsp3) is 1.00. The van der Waals surface area contributed by atoms with E-state index in [2.05, 4.69) is 6.66 Å². The molecule has 0 N–H and O–H groups in total. The van der Waals surface area contributed by atoms with Gasteiger partial charge in [0.25, 0.3) is 0 Å². The molecule has 0 aliphatic carbocycles. The normalized spacial score (nSPS) is 22.5. The fourth-order valence-electron chi connectivity index (χ4n) is 0.0589. The Kier molecular flexibility index (Phi) is 4.72. The first-order chi connectivity index (χ1) is 3.35. The van der Waals surface area contributed by atoms with E-state index in [1.807, 2.05) is 0 Å². The highest BCUT2D eigenvalue weighted by atomic mass is 33.3. The van der Waals surface area contributed by atoms with E-state index in [0.29, 0.717) is 16.0 Å². The van der Waals surface area contributed by atoms with Gasteiger partial charge in [-0.3, -0.25) is 0 Å². The van der Waals surface area contributed by atoms with Crippen molar-refractivity contribution in [2.24, 2.45) is 0 Å². The van der Waals surface area contributed by atoms with Gasteiger partial charge in [0, 0.05) is 24.1 Å². The van der Waals surface area contributed by atoms with Crippen molar-refractivity contribution in [3.63, 3.8) is 0 Å². The number of hydrogen-bond donors (Lipinski definition) is 0. The van der Waals surface area contributed by atoms with Crippen LogP contribution in [-0.2, 0) is 9.75 Å². The monoisotopic (exact) mass is 156 g/mol. The number of hydrogen-bond acceptors (Lipinski definition) is 0. The average Bonchev–Trinajstić information content (AvgIpc) is 1.72. The minimum atomic E-state index is 0.282. The molecule has 0 amide bonds. The van der Waals surface area contributed by atoms with Gasteiger partial charge in [0.1, 0.15) is 9.06 Å². The van der Waals surface area contributed by atoms with Crippen LogP contribution >= 0.6 is 23.8 Å². The van der Waals surface area contributed by atoms with Crippen LogP contribution in [0.4, 0.5) is 0 Å². The molecule has 5 heteroatoms. The van der Waals surface area contributed by atoms with Gasteiger partial charge in [-0.05, 0) is 0 Å². The van der Waals surface area contributed by atoms with Crippen LogP contribution in [0.25, 0.3) is 0 Å². The van der Waals surface area contributed by atoms with E-state index in [9.17, 15) is 0 Å². The van der Waals surface area contributed by atoms with E-state index in [0.717, 1.165) is 7.78 Å². The van der Waals surface area contributed by atoms with Gasteiger partial charge >= 0.3 is 0 Å². The second-order valence-electron chi connectivity index (χ2n) is 0.628. The molecule has 0 saturated heterocycles. The maximum atomic E-state index is 6.93. The van der Waals surface area contributed by atoms with Gasteiger partial charge in [0.2, 0.25) is 0 Å². The van der Waals surface area contributed by atoms with Crippen LogP contribution in [0.2, 0.25) is 0 Å². The van der Waals surface area contributed by atoms with E-state index in [1.54, 1.807) is 0 Å². The molecule has 0 aliphatic rings. The van der Waals surface area contributed by atoms with Gasteiger partial charge in [-0.25, -0.2) is 0 Å². The SMILES string of the molecule is [2H]P[S+](P[B])PC. The standard InChI is InChI=1S/CH7BP3S/c1-4-6(3)5-2/h4-5H,3H2,1H3/q+1/i3D. The molecule has 0 bridgehead atoms. The zero-order valence-electron chi connectivity index (χ0n) is 4.49. The molecule has 0 aliphatic heterocycles. The second-order valence-corrected chi connectivity index (χ2v) is 11.2. The van der Waals surface area contributed by atoms with Crippen LogP contribution in [-0.4, -0.2) is 15.5 Å². The molecule has 0 rings (SSSR count). The van der Waals surface area contributed by atoms with Crippen molar-refractivity contribution < 1.29 is 0 Å². The van der Waals surface area contributed by atoms with E-state index < -0.39 is 0 Å². The molecule has 4 atom stereocenters. The van der Waals surface area contributed by atoms with Crippen molar-refractivity contribution >= 4 is 41.2 Å². The lowest BCUT2D eigenvalue weighted by Gasteiger charge is -1.87. The highest BCUT2D eigenvalue weighted by molar-refractivity contribution is 8.96. The van der Waals surface area contributed by atoms with E-state index in [4.69, 9.17) is 8.84 Å². The Morgan fingerprint density at radius 1 is 2.17 bits per heavy atom. The third kappa shape index (κ3) is 3.88. The molecule has 0 nitrogen and oxygen atoms in total. The van der Waals surface area contributed by atoms with Crippen LogP contribution in [0.5, 0.6) is 0 Å². The van der Waals surface area contributed by atoms with Crippen molar-refractivity contribution in [2.45, 2.75) is 0 Å². The van der Waals surface area contributed by atoms with Crippen LogP contribution in [0.1, 0.15) is 0 Å². The van der Waals surface area contributed by atoms with E-state index in [-0.39, 0.29) is 9.75 Å². The Morgan fingerprint density at radius 2 is 2.83 bits per heavy atom. The molecule has 0 saturated carbocycles. The predicted octanol–water partition coefficient (Wildman–Crippen LogP) is 1.30. The van der Waals surface area contributed by atoms with Gasteiger partial charge in [0.15, 0.2) is 7.57 Å². The summed E-state index contributed by atoms with van der Waals surface area (Å²) < 4.78 is 6.93. The van der Waals surface area contributed by atoms with Crippen LogP contribution in [0, 0.1) is 0 Å². The van der Waals surface area contributed by atoms with Gasteiger partial charge in [0.05, 0.1) is 8.39 Å². The zero-order valence-corrected chi connectivity index (χ0v) is 7.30. The summed E-state index contributed by atoms with van der Waals surface area (Å²) >= 11 is 0. The molecule has 2 radical (unpaired) electrons. The quantitative estimate of drug-likeness (QED) is 0.328. The zero-order chi connectivity index (χ0) is 5.70. The van der Waals surface area contributed by atoms with E-state index in [1.165, 1.54) is 0 Å². The van der Waals surface area contributed by atoms with Gasteiger partial charge in [-0.1, -0.05) is 0 Å². The molecule has 0 spiro atoms. The summed E-state index contributed by atoms with van der Waals surface area (Å²) in [6.07, 6.45) is 0.